The summed E-state index contributed by atoms with van der Waals surface area (Å²) in [6.07, 6.45) is 5.77. The molecule has 4 aromatic heterocycles. The van der Waals surface area contributed by atoms with E-state index in [4.69, 9.17) is 4.74 Å². The van der Waals surface area contributed by atoms with Gasteiger partial charge in [0.25, 0.3) is 5.91 Å². The molecule has 0 spiro atoms. The van der Waals surface area contributed by atoms with Gasteiger partial charge in [-0.25, -0.2) is 29.1 Å². The molecule has 1 aliphatic rings. The van der Waals surface area contributed by atoms with Gasteiger partial charge in [0.05, 0.1) is 11.8 Å². The van der Waals surface area contributed by atoms with Crippen LogP contribution in [0.4, 0.5) is 21.0 Å². The monoisotopic (exact) mass is 560 g/mol. The number of amides is 2. The summed E-state index contributed by atoms with van der Waals surface area (Å²) in [5, 5.41) is 3.79. The number of halogens is 1. The minimum atomic E-state index is -0.572. The van der Waals surface area contributed by atoms with Crippen molar-refractivity contribution in [2.75, 3.05) is 31.5 Å². The molecule has 0 radical (unpaired) electrons. The highest BCUT2D eigenvalue weighted by molar-refractivity contribution is 5.94. The van der Waals surface area contributed by atoms with Crippen LogP contribution in [-0.2, 0) is 4.74 Å². The van der Waals surface area contributed by atoms with Crippen LogP contribution in [0.15, 0.2) is 49.1 Å². The van der Waals surface area contributed by atoms with Gasteiger partial charge in [0, 0.05) is 61.8 Å². The third-order valence-electron chi connectivity index (χ3n) is 6.61. The average Bonchev–Trinajstić information content (AvgIpc) is 3.33. The number of piperazine rings is 1. The number of hydrogen-bond acceptors (Lipinski definition) is 8. The molecule has 1 fully saturated rings. The van der Waals surface area contributed by atoms with Crippen LogP contribution in [-0.4, -0.2) is 78.1 Å². The summed E-state index contributed by atoms with van der Waals surface area (Å²) in [4.78, 5) is 45.9. The fourth-order valence-electron chi connectivity index (χ4n) is 4.59. The van der Waals surface area contributed by atoms with Crippen molar-refractivity contribution >= 4 is 34.8 Å². The third-order valence-corrected chi connectivity index (χ3v) is 6.61. The van der Waals surface area contributed by atoms with Gasteiger partial charge in [0.1, 0.15) is 22.8 Å². The quantitative estimate of drug-likeness (QED) is 0.361. The number of ether oxygens (including phenoxy) is 1. The summed E-state index contributed by atoms with van der Waals surface area (Å²) in [6.45, 7) is 11.1. The summed E-state index contributed by atoms with van der Waals surface area (Å²) in [5.74, 6) is -0.160. The van der Waals surface area contributed by atoms with Gasteiger partial charge in [-0.1, -0.05) is 0 Å². The van der Waals surface area contributed by atoms with Crippen LogP contribution in [0.5, 0.6) is 0 Å². The van der Waals surface area contributed by atoms with Gasteiger partial charge in [-0.05, 0) is 58.9 Å². The molecule has 4 aromatic rings. The van der Waals surface area contributed by atoms with E-state index < -0.39 is 11.4 Å². The van der Waals surface area contributed by atoms with Crippen molar-refractivity contribution in [3.05, 3.63) is 60.4 Å². The Morgan fingerprint density at radius 2 is 1.73 bits per heavy atom. The zero-order chi connectivity index (χ0) is 29.3. The van der Waals surface area contributed by atoms with Crippen molar-refractivity contribution in [3.63, 3.8) is 0 Å². The van der Waals surface area contributed by atoms with E-state index in [2.05, 4.69) is 25.3 Å². The van der Waals surface area contributed by atoms with E-state index in [0.29, 0.717) is 43.1 Å². The lowest BCUT2D eigenvalue weighted by Gasteiger charge is -2.35. The molecule has 1 N–H and O–H groups in total. The Morgan fingerprint density at radius 3 is 2.39 bits per heavy atom. The molecule has 2 amide bonds. The molecule has 41 heavy (non-hydrogen) atoms. The van der Waals surface area contributed by atoms with Crippen LogP contribution < -0.4 is 5.32 Å². The number of fused-ring (bicyclic) bond motifs is 1. The Balaban J connectivity index is 1.27. The van der Waals surface area contributed by atoms with E-state index in [0.717, 1.165) is 17.2 Å². The maximum absolute atomic E-state index is 14.9. The van der Waals surface area contributed by atoms with Gasteiger partial charge in [0.2, 0.25) is 5.95 Å². The standard InChI is InChI=1S/C29H33FN8O3/c1-18(2)38-17-21(20-7-6-10-31-25(20)38)24-22(30)16-33-27(35-24)34-23-9-8-19(15-32-23)26(39)36-11-13-37(14-12-36)28(40)41-29(3,4)5/h6-10,15-18H,11-14H2,1-5H3,(H,32,33,34,35). The molecule has 11 nitrogen and oxygen atoms in total. The van der Waals surface area contributed by atoms with Crippen LogP contribution >= 0.6 is 0 Å². The fraction of sp³-hybridized carbons (Fsp3) is 0.379. The normalized spacial score (nSPS) is 14.0. The van der Waals surface area contributed by atoms with Crippen molar-refractivity contribution in [2.24, 2.45) is 0 Å². The van der Waals surface area contributed by atoms with Crippen molar-refractivity contribution < 1.29 is 18.7 Å². The number of pyridine rings is 2. The fourth-order valence-corrected chi connectivity index (χ4v) is 4.59. The third kappa shape index (κ3) is 6.11. The second kappa shape index (κ2) is 11.1. The molecule has 0 unspecified atom stereocenters. The molecular formula is C29H33FN8O3. The first-order chi connectivity index (χ1) is 19.5. The van der Waals surface area contributed by atoms with E-state index in [1.165, 1.54) is 6.20 Å². The second-order valence-electron chi connectivity index (χ2n) is 11.1. The Hall–Kier alpha value is -4.61. The summed E-state index contributed by atoms with van der Waals surface area (Å²) in [6, 6.07) is 7.13. The minimum absolute atomic E-state index is 0.128. The number of carbonyl (C=O) groups is 2. The molecule has 214 valence electrons. The van der Waals surface area contributed by atoms with Gasteiger partial charge in [-0.15, -0.1) is 0 Å². The van der Waals surface area contributed by atoms with Crippen molar-refractivity contribution in [1.29, 1.82) is 0 Å². The van der Waals surface area contributed by atoms with Crippen molar-refractivity contribution in [3.8, 4) is 11.3 Å². The predicted molar refractivity (Wildman–Crippen MR) is 152 cm³/mol. The lowest BCUT2D eigenvalue weighted by Crippen LogP contribution is -2.51. The Labute approximate surface area is 237 Å². The number of hydrogen-bond donors (Lipinski definition) is 1. The van der Waals surface area contributed by atoms with Gasteiger partial charge in [-0.3, -0.25) is 4.79 Å². The molecule has 0 aliphatic carbocycles. The Bertz CT molecular complexity index is 1570. The summed E-state index contributed by atoms with van der Waals surface area (Å²) >= 11 is 0. The average molecular weight is 561 g/mol. The van der Waals surface area contributed by atoms with Crippen molar-refractivity contribution in [1.82, 2.24) is 34.3 Å². The number of rotatable bonds is 5. The second-order valence-corrected chi connectivity index (χ2v) is 11.1. The Morgan fingerprint density at radius 1 is 1.00 bits per heavy atom. The molecule has 12 heteroatoms. The maximum Gasteiger partial charge on any atom is 0.410 e. The number of nitrogens with zero attached hydrogens (tertiary/aromatic N) is 7. The summed E-state index contributed by atoms with van der Waals surface area (Å²) in [5.41, 5.74) is 1.36. The smallest absolute Gasteiger partial charge is 0.410 e. The highest BCUT2D eigenvalue weighted by Crippen LogP contribution is 2.32. The molecule has 5 rings (SSSR count). The molecular weight excluding hydrogens is 527 g/mol. The predicted octanol–water partition coefficient (Wildman–Crippen LogP) is 5.04. The highest BCUT2D eigenvalue weighted by Gasteiger charge is 2.28. The zero-order valence-electron chi connectivity index (χ0n) is 23.8. The molecule has 0 saturated carbocycles. The topological polar surface area (TPSA) is 118 Å². The van der Waals surface area contributed by atoms with E-state index in [1.54, 1.807) is 28.1 Å². The van der Waals surface area contributed by atoms with Crippen LogP contribution in [0.1, 0.15) is 51.0 Å². The minimum Gasteiger partial charge on any atom is -0.444 e. The lowest BCUT2D eigenvalue weighted by atomic mass is 10.1. The molecule has 1 aliphatic heterocycles. The van der Waals surface area contributed by atoms with E-state index in [9.17, 15) is 14.0 Å². The summed E-state index contributed by atoms with van der Waals surface area (Å²) < 4.78 is 22.3. The number of aromatic nitrogens is 5. The first kappa shape index (κ1) is 27.9. The molecule has 5 heterocycles. The number of nitrogens with one attached hydrogen (secondary N) is 1. The summed E-state index contributed by atoms with van der Waals surface area (Å²) in [7, 11) is 0. The zero-order valence-corrected chi connectivity index (χ0v) is 23.8. The van der Waals surface area contributed by atoms with Crippen LogP contribution in [0.3, 0.4) is 0 Å². The molecule has 0 atom stereocenters. The van der Waals surface area contributed by atoms with Crippen LogP contribution in [0.2, 0.25) is 0 Å². The Kier molecular flexibility index (Phi) is 7.57. The molecule has 0 aromatic carbocycles. The lowest BCUT2D eigenvalue weighted by molar-refractivity contribution is 0.0141. The van der Waals surface area contributed by atoms with Crippen molar-refractivity contribution in [2.45, 2.75) is 46.3 Å². The van der Waals surface area contributed by atoms with Gasteiger partial charge in [-0.2, -0.15) is 0 Å². The molecule has 0 bridgehead atoms. The van der Waals surface area contributed by atoms with E-state index in [1.807, 2.05) is 57.5 Å². The van der Waals surface area contributed by atoms with Gasteiger partial charge in [0.15, 0.2) is 5.82 Å². The van der Waals surface area contributed by atoms with Crippen LogP contribution in [0, 0.1) is 5.82 Å². The largest absolute Gasteiger partial charge is 0.444 e. The first-order valence-electron chi connectivity index (χ1n) is 13.5. The van der Waals surface area contributed by atoms with Gasteiger partial charge >= 0.3 is 6.09 Å². The maximum atomic E-state index is 14.9. The highest BCUT2D eigenvalue weighted by atomic mass is 19.1. The van der Waals surface area contributed by atoms with E-state index in [-0.39, 0.29) is 29.7 Å². The van der Waals surface area contributed by atoms with Crippen LogP contribution in [0.25, 0.3) is 22.3 Å². The van der Waals surface area contributed by atoms with E-state index >= 15 is 0 Å². The van der Waals surface area contributed by atoms with Gasteiger partial charge < -0.3 is 24.4 Å². The SMILES string of the molecule is CC(C)n1cc(-c2nc(Nc3ccc(C(=O)N4CCN(C(=O)OC(C)(C)C)CC4)cn3)ncc2F)c2cccnc21. The number of anilines is 2. The first-order valence-corrected chi connectivity index (χ1v) is 13.5. The number of carbonyl (C=O) groups excluding carboxylic acids is 2. The molecule has 1 saturated heterocycles.